The van der Waals surface area contributed by atoms with E-state index in [1.165, 1.54) is 12.1 Å². The lowest BCUT2D eigenvalue weighted by molar-refractivity contribution is 0.0173. The number of aliphatic hydroxyl groups is 2. The van der Waals surface area contributed by atoms with E-state index in [-0.39, 0.29) is 5.56 Å². The van der Waals surface area contributed by atoms with Gasteiger partial charge in [-0.2, -0.15) is 5.26 Å². The van der Waals surface area contributed by atoms with Gasteiger partial charge in [-0.25, -0.2) is 4.39 Å². The van der Waals surface area contributed by atoms with Gasteiger partial charge in [0, 0.05) is 5.33 Å². The topological polar surface area (TPSA) is 64.2 Å². The van der Waals surface area contributed by atoms with Crippen LogP contribution in [0.3, 0.4) is 0 Å². The molecule has 3 nitrogen and oxygen atoms in total. The molecule has 2 N–H and O–H groups in total. The summed E-state index contributed by atoms with van der Waals surface area (Å²) in [6, 6.07) is 5.40. The molecule has 1 aromatic carbocycles. The number of hydrogen-bond acceptors (Lipinski definition) is 3. The van der Waals surface area contributed by atoms with Gasteiger partial charge in [0.2, 0.25) is 0 Å². The molecule has 0 aliphatic carbocycles. The van der Waals surface area contributed by atoms with E-state index in [0.717, 1.165) is 6.07 Å². The summed E-state index contributed by atoms with van der Waals surface area (Å²) >= 11 is 3.15. The van der Waals surface area contributed by atoms with Gasteiger partial charge < -0.3 is 10.2 Å². The van der Waals surface area contributed by atoms with Crippen molar-refractivity contribution in [2.24, 2.45) is 0 Å². The van der Waals surface area contributed by atoms with Gasteiger partial charge in [-0.1, -0.05) is 22.0 Å². The van der Waals surface area contributed by atoms with Gasteiger partial charge >= 0.3 is 0 Å². The van der Waals surface area contributed by atoms with Crippen molar-refractivity contribution >= 4 is 15.9 Å². The first-order chi connectivity index (χ1) is 7.60. The predicted molar refractivity (Wildman–Crippen MR) is 60.5 cm³/mol. The zero-order chi connectivity index (χ0) is 12.1. The highest BCUT2D eigenvalue weighted by Crippen LogP contribution is 2.21. The Morgan fingerprint density at radius 2 is 2.12 bits per heavy atom. The van der Waals surface area contributed by atoms with Gasteiger partial charge in [0.15, 0.2) is 0 Å². The van der Waals surface area contributed by atoms with Gasteiger partial charge in [0.1, 0.15) is 18.0 Å². The minimum Gasteiger partial charge on any atom is -0.390 e. The van der Waals surface area contributed by atoms with Gasteiger partial charge in [-0.15, -0.1) is 0 Å². The number of alkyl halides is 1. The van der Waals surface area contributed by atoms with Crippen LogP contribution in [0.1, 0.15) is 23.7 Å². The number of nitrogens with zero attached hydrogens (tertiary/aromatic N) is 1. The lowest BCUT2D eigenvalue weighted by atomic mass is 10.0. The molecule has 5 heteroatoms. The molecule has 0 aromatic heterocycles. The number of rotatable bonds is 4. The third kappa shape index (κ3) is 3.01. The molecule has 0 bridgehead atoms. The zero-order valence-electron chi connectivity index (χ0n) is 8.40. The fraction of sp³-hybridized carbons (Fsp3) is 0.364. The molecule has 0 heterocycles. The summed E-state index contributed by atoms with van der Waals surface area (Å²) in [6.07, 6.45) is -1.66. The first kappa shape index (κ1) is 13.1. The summed E-state index contributed by atoms with van der Waals surface area (Å²) in [7, 11) is 0. The second-order valence-electron chi connectivity index (χ2n) is 3.34. The van der Waals surface area contributed by atoms with Gasteiger partial charge in [-0.3, -0.25) is 0 Å². The Balaban J connectivity index is 2.92. The van der Waals surface area contributed by atoms with Crippen LogP contribution in [0.15, 0.2) is 18.2 Å². The van der Waals surface area contributed by atoms with Crippen molar-refractivity contribution in [2.75, 3.05) is 5.33 Å². The van der Waals surface area contributed by atoms with Crippen molar-refractivity contribution in [3.05, 3.63) is 35.1 Å². The molecule has 0 saturated heterocycles. The van der Waals surface area contributed by atoms with Crippen LogP contribution < -0.4 is 0 Å². The smallest absolute Gasteiger partial charge is 0.140 e. The average Bonchev–Trinajstić information content (AvgIpc) is 2.29. The Bertz CT molecular complexity index is 405. The molecule has 16 heavy (non-hydrogen) atoms. The van der Waals surface area contributed by atoms with Crippen LogP contribution in [-0.2, 0) is 0 Å². The van der Waals surface area contributed by atoms with Crippen molar-refractivity contribution in [2.45, 2.75) is 18.6 Å². The Labute approximate surface area is 101 Å². The maximum atomic E-state index is 13.0. The molecule has 0 aliphatic rings. The van der Waals surface area contributed by atoms with E-state index < -0.39 is 18.0 Å². The van der Waals surface area contributed by atoms with E-state index in [0.29, 0.717) is 17.3 Å². The minimum atomic E-state index is -1.11. The second kappa shape index (κ2) is 5.94. The molecule has 1 aromatic rings. The molecule has 1 rings (SSSR count). The van der Waals surface area contributed by atoms with Crippen LogP contribution in [0.4, 0.5) is 4.39 Å². The molecule has 0 aliphatic heterocycles. The normalized spacial score (nSPS) is 14.2. The third-order valence-corrected chi connectivity index (χ3v) is 2.68. The van der Waals surface area contributed by atoms with E-state index in [1.807, 2.05) is 0 Å². The molecule has 2 unspecified atom stereocenters. The molecule has 0 radical (unpaired) electrons. The molecule has 2 atom stereocenters. The van der Waals surface area contributed by atoms with Crippen LogP contribution in [0.25, 0.3) is 0 Å². The Morgan fingerprint density at radius 1 is 1.44 bits per heavy atom. The van der Waals surface area contributed by atoms with Gasteiger partial charge in [0.05, 0.1) is 11.7 Å². The lowest BCUT2D eigenvalue weighted by Gasteiger charge is -2.17. The fourth-order valence-electron chi connectivity index (χ4n) is 1.30. The minimum absolute atomic E-state index is 0.136. The maximum absolute atomic E-state index is 13.0. The number of nitriles is 1. The zero-order valence-corrected chi connectivity index (χ0v) is 9.98. The van der Waals surface area contributed by atoms with Crippen LogP contribution >= 0.6 is 15.9 Å². The summed E-state index contributed by atoms with van der Waals surface area (Å²) in [5.74, 6) is -0.631. The van der Waals surface area contributed by atoms with E-state index in [4.69, 9.17) is 5.26 Å². The summed E-state index contributed by atoms with van der Waals surface area (Å²) in [5.41, 5.74) is 0.203. The molecule has 0 spiro atoms. The van der Waals surface area contributed by atoms with Gasteiger partial charge in [-0.05, 0) is 24.1 Å². The maximum Gasteiger partial charge on any atom is 0.140 e. The first-order valence-electron chi connectivity index (χ1n) is 4.71. The highest BCUT2D eigenvalue weighted by molar-refractivity contribution is 9.09. The van der Waals surface area contributed by atoms with Crippen molar-refractivity contribution in [3.8, 4) is 6.07 Å². The van der Waals surface area contributed by atoms with E-state index in [2.05, 4.69) is 15.9 Å². The molecule has 86 valence electrons. The number of hydrogen-bond donors (Lipinski definition) is 2. The largest absolute Gasteiger partial charge is 0.390 e. The number of aliphatic hydroxyl groups excluding tert-OH is 2. The Morgan fingerprint density at radius 3 is 2.69 bits per heavy atom. The molecule has 0 amide bonds. The van der Waals surface area contributed by atoms with Crippen molar-refractivity contribution < 1.29 is 14.6 Å². The summed E-state index contributed by atoms with van der Waals surface area (Å²) in [4.78, 5) is 0. The van der Waals surface area contributed by atoms with Crippen LogP contribution in [0.2, 0.25) is 0 Å². The summed E-state index contributed by atoms with van der Waals surface area (Å²) in [5, 5.41) is 28.5. The van der Waals surface area contributed by atoms with Gasteiger partial charge in [0.25, 0.3) is 0 Å². The van der Waals surface area contributed by atoms with E-state index >= 15 is 0 Å². The lowest BCUT2D eigenvalue weighted by Crippen LogP contribution is -2.18. The van der Waals surface area contributed by atoms with Crippen molar-refractivity contribution in [3.63, 3.8) is 0 Å². The van der Waals surface area contributed by atoms with Crippen molar-refractivity contribution in [1.82, 2.24) is 0 Å². The standard InChI is InChI=1S/C11H11BrFNO2/c12-4-3-10(15)11(16)7-1-2-9(13)8(5-7)6-14/h1-2,5,10-11,15-16H,3-4H2. The van der Waals surface area contributed by atoms with Crippen LogP contribution in [0.5, 0.6) is 0 Å². The average molecular weight is 288 g/mol. The van der Waals surface area contributed by atoms with E-state index in [9.17, 15) is 14.6 Å². The summed E-state index contributed by atoms with van der Waals surface area (Å²) < 4.78 is 13.0. The molecular weight excluding hydrogens is 277 g/mol. The third-order valence-electron chi connectivity index (χ3n) is 2.22. The SMILES string of the molecule is N#Cc1cc(C(O)C(O)CCBr)ccc1F. The molecule has 0 saturated carbocycles. The van der Waals surface area contributed by atoms with Crippen LogP contribution in [-0.4, -0.2) is 21.6 Å². The van der Waals surface area contributed by atoms with E-state index in [1.54, 1.807) is 6.07 Å². The van der Waals surface area contributed by atoms with Crippen LogP contribution in [0, 0.1) is 17.1 Å². The molecular formula is C11H11BrFNO2. The van der Waals surface area contributed by atoms with Crippen molar-refractivity contribution in [1.29, 1.82) is 5.26 Å². The number of benzene rings is 1. The predicted octanol–water partition coefficient (Wildman–Crippen LogP) is 1.88. The Kier molecular flexibility index (Phi) is 4.87. The molecule has 0 fully saturated rings. The highest BCUT2D eigenvalue weighted by atomic mass is 79.9. The Hall–Kier alpha value is -0.960. The fourth-order valence-corrected chi connectivity index (χ4v) is 1.77. The summed E-state index contributed by atoms with van der Waals surface area (Å²) in [6.45, 7) is 0. The second-order valence-corrected chi connectivity index (χ2v) is 4.13. The monoisotopic (exact) mass is 287 g/mol. The first-order valence-corrected chi connectivity index (χ1v) is 5.84. The quantitative estimate of drug-likeness (QED) is 0.831. The highest BCUT2D eigenvalue weighted by Gasteiger charge is 2.18. The number of halogens is 2.